The molecule has 2 aromatic carbocycles. The molecular weight excluding hydrogens is 430 g/mol. The van der Waals surface area contributed by atoms with Gasteiger partial charge in [-0.1, -0.05) is 55.1 Å². The van der Waals surface area contributed by atoms with Crippen molar-refractivity contribution < 1.29 is 19.1 Å². The summed E-state index contributed by atoms with van der Waals surface area (Å²) in [5.74, 6) is -0.845. The lowest BCUT2D eigenvalue weighted by molar-refractivity contribution is -0.137. The Labute approximate surface area is 201 Å². The quantitative estimate of drug-likeness (QED) is 0.520. The minimum absolute atomic E-state index is 0.0962. The van der Waals surface area contributed by atoms with E-state index in [1.165, 1.54) is 11.0 Å². The summed E-state index contributed by atoms with van der Waals surface area (Å²) in [5, 5.41) is 5.40. The Balaban J connectivity index is 2.38. The number of amides is 3. The number of benzene rings is 2. The van der Waals surface area contributed by atoms with Crippen molar-refractivity contribution in [2.24, 2.45) is 0 Å². The molecule has 0 bridgehead atoms. The van der Waals surface area contributed by atoms with Crippen LogP contribution in [-0.2, 0) is 14.3 Å². The molecule has 0 saturated heterocycles. The lowest BCUT2D eigenvalue weighted by Crippen LogP contribution is -2.46. The number of hydrogen-bond donors (Lipinski definition) is 2. The molecule has 0 fully saturated rings. The van der Waals surface area contributed by atoms with Gasteiger partial charge in [0.05, 0.1) is 0 Å². The summed E-state index contributed by atoms with van der Waals surface area (Å²) in [6, 6.07) is 13.7. The summed E-state index contributed by atoms with van der Waals surface area (Å²) >= 11 is 0. The van der Waals surface area contributed by atoms with Gasteiger partial charge >= 0.3 is 6.09 Å². The molecule has 34 heavy (non-hydrogen) atoms. The summed E-state index contributed by atoms with van der Waals surface area (Å²) in [6.45, 7) is 14.4. The van der Waals surface area contributed by atoms with E-state index < -0.39 is 23.6 Å². The van der Waals surface area contributed by atoms with Gasteiger partial charge in [-0.25, -0.2) is 4.79 Å². The topological polar surface area (TPSA) is 87.7 Å². The molecule has 1 atom stereocenters. The maximum absolute atomic E-state index is 13.5. The van der Waals surface area contributed by atoms with Crippen molar-refractivity contribution in [2.75, 3.05) is 18.4 Å². The highest BCUT2D eigenvalue weighted by atomic mass is 16.6. The second kappa shape index (κ2) is 11.8. The Bertz CT molecular complexity index is 1060. The molecule has 2 N–H and O–H groups in total. The van der Waals surface area contributed by atoms with Gasteiger partial charge in [0, 0.05) is 12.2 Å². The highest BCUT2D eigenvalue weighted by molar-refractivity contribution is 5.99. The monoisotopic (exact) mass is 463 g/mol. The van der Waals surface area contributed by atoms with Crippen molar-refractivity contribution in [2.45, 2.75) is 39.3 Å². The van der Waals surface area contributed by atoms with E-state index in [0.717, 1.165) is 11.1 Å². The second-order valence-electron chi connectivity index (χ2n) is 8.77. The summed E-state index contributed by atoms with van der Waals surface area (Å²) in [5.41, 5.74) is 2.26. The molecule has 1 unspecified atom stereocenters. The third-order valence-electron chi connectivity index (χ3n) is 4.85. The number of para-hydroxylation sites is 1. The molecule has 0 spiro atoms. The van der Waals surface area contributed by atoms with Gasteiger partial charge in [0.15, 0.2) is 0 Å². The molecule has 0 radical (unpaired) electrons. The van der Waals surface area contributed by atoms with Crippen LogP contribution in [-0.4, -0.2) is 41.5 Å². The van der Waals surface area contributed by atoms with Gasteiger partial charge in [0.25, 0.3) is 5.91 Å². The molecule has 0 saturated carbocycles. The molecule has 0 aliphatic heterocycles. The highest BCUT2D eigenvalue weighted by Gasteiger charge is 2.31. The molecule has 0 aromatic heterocycles. The first kappa shape index (κ1) is 26.4. The van der Waals surface area contributed by atoms with Gasteiger partial charge in [-0.2, -0.15) is 0 Å². The Morgan fingerprint density at radius 1 is 1.09 bits per heavy atom. The van der Waals surface area contributed by atoms with E-state index in [9.17, 15) is 14.4 Å². The summed E-state index contributed by atoms with van der Waals surface area (Å²) in [7, 11) is 0. The average molecular weight is 464 g/mol. The fourth-order valence-electron chi connectivity index (χ4n) is 3.30. The van der Waals surface area contributed by atoms with Gasteiger partial charge in [0.2, 0.25) is 5.91 Å². The lowest BCUT2D eigenvalue weighted by Gasteiger charge is -2.31. The fraction of sp³-hybridized carbons (Fsp3) is 0.296. The molecule has 0 aliphatic carbocycles. The smallest absolute Gasteiger partial charge is 0.408 e. The molecule has 2 rings (SSSR count). The van der Waals surface area contributed by atoms with Crippen LogP contribution in [0.15, 0.2) is 67.8 Å². The normalized spacial score (nSPS) is 11.6. The Hall–Kier alpha value is -3.87. The average Bonchev–Trinajstić information content (AvgIpc) is 2.77. The number of anilines is 1. The maximum atomic E-state index is 13.5. The number of carbonyl (C=O) groups excluding carboxylic acids is 3. The Morgan fingerprint density at radius 3 is 2.41 bits per heavy atom. The molecule has 180 valence electrons. The number of carbonyl (C=O) groups is 3. The van der Waals surface area contributed by atoms with E-state index in [-0.39, 0.29) is 19.0 Å². The minimum atomic E-state index is -0.967. The number of nitrogens with zero attached hydrogens (tertiary/aromatic N) is 1. The van der Waals surface area contributed by atoms with Gasteiger partial charge in [0.1, 0.15) is 18.2 Å². The van der Waals surface area contributed by atoms with E-state index >= 15 is 0 Å². The van der Waals surface area contributed by atoms with Crippen molar-refractivity contribution in [3.05, 3.63) is 84.5 Å². The van der Waals surface area contributed by atoms with Crippen LogP contribution in [0.5, 0.6) is 0 Å². The SMILES string of the molecule is C=CCN(C(=O)CNC(=O)OC(C)(C)C)C(C(=O)Nc1ccccc1C)c1cccc(C=C)c1. The zero-order valence-corrected chi connectivity index (χ0v) is 20.3. The zero-order chi connectivity index (χ0) is 25.3. The number of aryl methyl sites for hydroxylation is 1. The van der Waals surface area contributed by atoms with Crippen LogP contribution in [0.2, 0.25) is 0 Å². The molecule has 7 heteroatoms. The Morgan fingerprint density at radius 2 is 1.79 bits per heavy atom. The fourth-order valence-corrected chi connectivity index (χ4v) is 3.30. The van der Waals surface area contributed by atoms with Crippen LogP contribution in [0.4, 0.5) is 10.5 Å². The highest BCUT2D eigenvalue weighted by Crippen LogP contribution is 2.25. The summed E-state index contributed by atoms with van der Waals surface area (Å²) in [4.78, 5) is 40.2. The summed E-state index contributed by atoms with van der Waals surface area (Å²) < 4.78 is 5.21. The van der Waals surface area contributed by atoms with Crippen LogP contribution in [0.3, 0.4) is 0 Å². The number of alkyl carbamates (subject to hydrolysis) is 1. The van der Waals surface area contributed by atoms with Crippen molar-refractivity contribution in [3.63, 3.8) is 0 Å². The lowest BCUT2D eigenvalue weighted by atomic mass is 10.0. The minimum Gasteiger partial charge on any atom is -0.444 e. The van der Waals surface area contributed by atoms with E-state index in [4.69, 9.17) is 4.74 Å². The predicted octanol–water partition coefficient (Wildman–Crippen LogP) is 4.86. The Kier molecular flexibility index (Phi) is 9.18. The van der Waals surface area contributed by atoms with Crippen LogP contribution in [0, 0.1) is 6.92 Å². The second-order valence-corrected chi connectivity index (χ2v) is 8.77. The van der Waals surface area contributed by atoms with Crippen LogP contribution < -0.4 is 10.6 Å². The van der Waals surface area contributed by atoms with E-state index in [0.29, 0.717) is 11.3 Å². The van der Waals surface area contributed by atoms with E-state index in [1.54, 1.807) is 51.1 Å². The van der Waals surface area contributed by atoms with Gasteiger partial charge in [-0.3, -0.25) is 9.59 Å². The van der Waals surface area contributed by atoms with Crippen molar-refractivity contribution in [1.82, 2.24) is 10.2 Å². The van der Waals surface area contributed by atoms with Crippen molar-refractivity contribution in [1.29, 1.82) is 0 Å². The largest absolute Gasteiger partial charge is 0.444 e. The van der Waals surface area contributed by atoms with Gasteiger partial charge < -0.3 is 20.3 Å². The third kappa shape index (κ3) is 7.62. The molecule has 0 aliphatic rings. The molecule has 3 amide bonds. The predicted molar refractivity (Wildman–Crippen MR) is 135 cm³/mol. The number of hydrogen-bond acceptors (Lipinski definition) is 4. The van der Waals surface area contributed by atoms with Gasteiger partial charge in [-0.05, 0) is 56.5 Å². The third-order valence-corrected chi connectivity index (χ3v) is 4.85. The van der Waals surface area contributed by atoms with Crippen molar-refractivity contribution in [3.8, 4) is 0 Å². The standard InChI is InChI=1S/C27H33N3O4/c1-7-16-30(23(31)18-28-26(33)34-27(4,5)6)24(21-14-11-13-20(8-2)17-21)25(32)29-22-15-10-9-12-19(22)3/h7-15,17,24H,1-2,16,18H2,3-6H3,(H,28,33)(H,29,32). The number of nitrogens with one attached hydrogen (secondary N) is 2. The van der Waals surface area contributed by atoms with Crippen LogP contribution in [0.25, 0.3) is 6.08 Å². The first-order chi connectivity index (χ1) is 16.1. The molecule has 2 aromatic rings. The molecule has 7 nitrogen and oxygen atoms in total. The van der Waals surface area contributed by atoms with Crippen LogP contribution >= 0.6 is 0 Å². The molecule has 0 heterocycles. The van der Waals surface area contributed by atoms with E-state index in [2.05, 4.69) is 23.8 Å². The van der Waals surface area contributed by atoms with E-state index in [1.807, 2.05) is 31.2 Å². The number of rotatable bonds is 9. The zero-order valence-electron chi connectivity index (χ0n) is 20.3. The van der Waals surface area contributed by atoms with Crippen molar-refractivity contribution >= 4 is 29.7 Å². The van der Waals surface area contributed by atoms with Gasteiger partial charge in [-0.15, -0.1) is 6.58 Å². The maximum Gasteiger partial charge on any atom is 0.408 e. The number of ether oxygens (including phenoxy) is 1. The molecular formula is C27H33N3O4. The first-order valence-corrected chi connectivity index (χ1v) is 11.0. The van der Waals surface area contributed by atoms with Crippen LogP contribution in [0.1, 0.15) is 43.5 Å². The first-order valence-electron chi connectivity index (χ1n) is 11.0. The summed E-state index contributed by atoms with van der Waals surface area (Å²) in [6.07, 6.45) is 2.49.